The average molecular weight is 493 g/mol. The molecule has 4 rings (SSSR count). The zero-order chi connectivity index (χ0) is 25.2. The molecular weight excluding hydrogens is 443 g/mol. The summed E-state index contributed by atoms with van der Waals surface area (Å²) in [5.41, 5.74) is 5.67. The smallest absolute Gasteiger partial charge is 0.0894 e. The van der Waals surface area contributed by atoms with Crippen LogP contribution in [0.5, 0.6) is 0 Å². The molecule has 2 aromatic carbocycles. The number of aryl methyl sites for hydroxylation is 2. The van der Waals surface area contributed by atoms with Gasteiger partial charge in [0.25, 0.3) is 0 Å². The van der Waals surface area contributed by atoms with E-state index in [4.69, 9.17) is 4.74 Å². The molecule has 2 heteroatoms. The third-order valence-corrected chi connectivity index (χ3v) is 9.35. The van der Waals surface area contributed by atoms with Crippen molar-refractivity contribution in [1.82, 2.24) is 0 Å². The minimum Gasteiger partial charge on any atom is -0.374 e. The van der Waals surface area contributed by atoms with Crippen molar-refractivity contribution in [2.75, 3.05) is 13.3 Å². The van der Waals surface area contributed by atoms with Crippen LogP contribution in [0, 0.1) is 17.8 Å². The number of rotatable bonds is 12. The molecule has 2 saturated carbocycles. The summed E-state index contributed by atoms with van der Waals surface area (Å²) in [7, 11) is 0. The Morgan fingerprint density at radius 1 is 0.750 bits per heavy atom. The minimum atomic E-state index is -0.134. The van der Waals surface area contributed by atoms with Crippen molar-refractivity contribution < 1.29 is 9.13 Å². The van der Waals surface area contributed by atoms with Crippen LogP contribution in [-0.4, -0.2) is 13.3 Å². The molecule has 2 aromatic rings. The molecule has 36 heavy (non-hydrogen) atoms. The molecule has 0 aliphatic heterocycles. The van der Waals surface area contributed by atoms with E-state index in [9.17, 15) is 4.39 Å². The molecule has 198 valence electrons. The van der Waals surface area contributed by atoms with E-state index in [0.717, 1.165) is 56.0 Å². The van der Waals surface area contributed by atoms with E-state index >= 15 is 0 Å². The fourth-order valence-corrected chi connectivity index (χ4v) is 6.95. The highest BCUT2D eigenvalue weighted by Crippen LogP contribution is 2.44. The van der Waals surface area contributed by atoms with Gasteiger partial charge in [0.1, 0.15) is 0 Å². The van der Waals surface area contributed by atoms with Gasteiger partial charge in [-0.1, -0.05) is 74.2 Å². The SMILES string of the molecule is CCOC(C)c1ccc(CCc2ccc(C3CCC(C4CCC(CCCCF)CC4)CC3)cc2)cc1. The van der Waals surface area contributed by atoms with Crippen LogP contribution in [-0.2, 0) is 17.6 Å². The first kappa shape index (κ1) is 27.4. The molecule has 1 atom stereocenters. The Morgan fingerprint density at radius 2 is 1.31 bits per heavy atom. The van der Waals surface area contributed by atoms with Gasteiger partial charge < -0.3 is 4.74 Å². The predicted octanol–water partition coefficient (Wildman–Crippen LogP) is 9.79. The van der Waals surface area contributed by atoms with E-state index in [2.05, 4.69) is 55.5 Å². The predicted molar refractivity (Wildman–Crippen MR) is 150 cm³/mol. The van der Waals surface area contributed by atoms with Crippen molar-refractivity contribution in [3.05, 3.63) is 70.8 Å². The Labute approximate surface area is 220 Å². The summed E-state index contributed by atoms with van der Waals surface area (Å²) in [4.78, 5) is 0. The van der Waals surface area contributed by atoms with Crippen molar-refractivity contribution in [3.8, 4) is 0 Å². The number of unbranched alkanes of at least 4 members (excludes halogenated alkanes) is 1. The molecule has 0 saturated heterocycles. The first-order valence-electron chi connectivity index (χ1n) is 15.0. The zero-order valence-corrected chi connectivity index (χ0v) is 22.9. The minimum absolute atomic E-state index is 0.134. The van der Waals surface area contributed by atoms with Crippen LogP contribution in [0.2, 0.25) is 0 Å². The number of benzene rings is 2. The van der Waals surface area contributed by atoms with Crippen molar-refractivity contribution >= 4 is 0 Å². The van der Waals surface area contributed by atoms with Gasteiger partial charge in [0.15, 0.2) is 0 Å². The maximum Gasteiger partial charge on any atom is 0.0894 e. The highest BCUT2D eigenvalue weighted by atomic mass is 19.1. The van der Waals surface area contributed by atoms with Crippen LogP contribution < -0.4 is 0 Å². The summed E-state index contributed by atoms with van der Waals surface area (Å²) >= 11 is 0. The van der Waals surface area contributed by atoms with Crippen molar-refractivity contribution in [3.63, 3.8) is 0 Å². The molecule has 2 fully saturated rings. The van der Waals surface area contributed by atoms with E-state index in [0.29, 0.717) is 0 Å². The Balaban J connectivity index is 1.18. The summed E-state index contributed by atoms with van der Waals surface area (Å²) in [6.45, 7) is 4.79. The van der Waals surface area contributed by atoms with Crippen LogP contribution in [0.15, 0.2) is 48.5 Å². The number of halogens is 1. The van der Waals surface area contributed by atoms with Gasteiger partial charge in [-0.15, -0.1) is 0 Å². The Bertz CT molecular complexity index is 857. The van der Waals surface area contributed by atoms with Crippen LogP contribution in [0.1, 0.15) is 119 Å². The molecular formula is C34H49FO. The topological polar surface area (TPSA) is 9.23 Å². The molecule has 0 heterocycles. The van der Waals surface area contributed by atoms with Gasteiger partial charge in [-0.3, -0.25) is 4.39 Å². The highest BCUT2D eigenvalue weighted by Gasteiger charge is 2.31. The first-order valence-corrected chi connectivity index (χ1v) is 15.0. The van der Waals surface area contributed by atoms with Crippen molar-refractivity contribution in [2.24, 2.45) is 17.8 Å². The third kappa shape index (κ3) is 7.91. The molecule has 2 aliphatic carbocycles. The summed E-state index contributed by atoms with van der Waals surface area (Å²) in [5, 5.41) is 0. The Kier molecular flexibility index (Phi) is 10.9. The highest BCUT2D eigenvalue weighted by molar-refractivity contribution is 5.28. The van der Waals surface area contributed by atoms with Crippen molar-refractivity contribution in [2.45, 2.75) is 109 Å². The van der Waals surface area contributed by atoms with E-state index in [1.807, 2.05) is 6.92 Å². The van der Waals surface area contributed by atoms with Crippen LogP contribution in [0.3, 0.4) is 0 Å². The van der Waals surface area contributed by atoms with Gasteiger partial charge in [-0.05, 0) is 118 Å². The maximum atomic E-state index is 12.4. The number of hydrogen-bond acceptors (Lipinski definition) is 1. The van der Waals surface area contributed by atoms with Crippen molar-refractivity contribution in [1.29, 1.82) is 0 Å². The average Bonchev–Trinajstić information content (AvgIpc) is 2.93. The second-order valence-electron chi connectivity index (χ2n) is 11.7. The van der Waals surface area contributed by atoms with E-state index in [1.165, 1.54) is 74.5 Å². The molecule has 1 unspecified atom stereocenters. The number of alkyl halides is 1. The first-order chi connectivity index (χ1) is 17.7. The third-order valence-electron chi connectivity index (χ3n) is 9.35. The largest absolute Gasteiger partial charge is 0.374 e. The summed E-state index contributed by atoms with van der Waals surface area (Å²) in [5.74, 6) is 3.55. The van der Waals surface area contributed by atoms with E-state index in [-0.39, 0.29) is 12.8 Å². The number of ether oxygens (including phenoxy) is 1. The lowest BCUT2D eigenvalue weighted by Crippen LogP contribution is -2.25. The summed E-state index contributed by atoms with van der Waals surface area (Å²) in [6.07, 6.45) is 16.7. The van der Waals surface area contributed by atoms with Crippen LogP contribution in [0.4, 0.5) is 4.39 Å². The quantitative estimate of drug-likeness (QED) is 0.268. The molecule has 2 aliphatic rings. The fourth-order valence-electron chi connectivity index (χ4n) is 6.95. The standard InChI is InChI=1S/C34H49FO/c1-3-36-26(2)30-15-9-28(10-16-30)7-8-29-13-19-32(20-14-29)34-23-21-33(22-24-34)31-17-11-27(12-18-31)6-4-5-25-35/h9-10,13-16,19-20,26-27,31,33-34H,3-8,11-12,17-18,21-25H2,1-2H3. The van der Waals surface area contributed by atoms with Gasteiger partial charge >= 0.3 is 0 Å². The Hall–Kier alpha value is -1.67. The maximum absolute atomic E-state index is 12.4. The fraction of sp³-hybridized carbons (Fsp3) is 0.647. The normalized spacial score (nSPS) is 25.5. The molecule has 0 aromatic heterocycles. The monoisotopic (exact) mass is 492 g/mol. The molecule has 1 nitrogen and oxygen atoms in total. The van der Waals surface area contributed by atoms with Gasteiger partial charge in [0.05, 0.1) is 12.8 Å². The molecule has 0 N–H and O–H groups in total. The van der Waals surface area contributed by atoms with Crippen LogP contribution >= 0.6 is 0 Å². The molecule has 0 amide bonds. The molecule has 0 spiro atoms. The zero-order valence-electron chi connectivity index (χ0n) is 22.9. The van der Waals surface area contributed by atoms with Gasteiger partial charge in [-0.25, -0.2) is 0 Å². The molecule has 0 bridgehead atoms. The van der Waals surface area contributed by atoms with Crippen LogP contribution in [0.25, 0.3) is 0 Å². The second kappa shape index (κ2) is 14.3. The Morgan fingerprint density at radius 3 is 1.86 bits per heavy atom. The summed E-state index contributed by atoms with van der Waals surface area (Å²) < 4.78 is 18.1. The van der Waals surface area contributed by atoms with Gasteiger partial charge in [-0.2, -0.15) is 0 Å². The van der Waals surface area contributed by atoms with Gasteiger partial charge in [0, 0.05) is 6.61 Å². The second-order valence-corrected chi connectivity index (χ2v) is 11.7. The van der Waals surface area contributed by atoms with E-state index < -0.39 is 0 Å². The lowest BCUT2D eigenvalue weighted by molar-refractivity contribution is 0.0764. The number of hydrogen-bond donors (Lipinski definition) is 0. The lowest BCUT2D eigenvalue weighted by Gasteiger charge is -2.38. The molecule has 0 radical (unpaired) electrons. The van der Waals surface area contributed by atoms with E-state index in [1.54, 1.807) is 5.56 Å². The van der Waals surface area contributed by atoms with Gasteiger partial charge in [0.2, 0.25) is 0 Å². The summed E-state index contributed by atoms with van der Waals surface area (Å²) in [6, 6.07) is 18.5. The lowest BCUT2D eigenvalue weighted by atomic mass is 9.68.